The van der Waals surface area contributed by atoms with Crippen molar-refractivity contribution < 1.29 is 0 Å². The van der Waals surface area contributed by atoms with Crippen LogP contribution in [0.2, 0.25) is 0 Å². The summed E-state index contributed by atoms with van der Waals surface area (Å²) in [5.74, 6) is 6.01. The Bertz CT molecular complexity index is 507. The normalized spacial score (nSPS) is 9.13. The topological polar surface area (TPSA) is 25.8 Å². The second-order valence-corrected chi connectivity index (χ2v) is 3.23. The fourth-order valence-electron chi connectivity index (χ4n) is 1.23. The number of aryl methyl sites for hydroxylation is 1. The Hall–Kier alpha value is -2.14. The van der Waals surface area contributed by atoms with E-state index in [1.807, 2.05) is 43.3 Å². The smallest absolute Gasteiger partial charge is 0.136 e. The molecule has 0 N–H and O–H groups in total. The molecule has 0 amide bonds. The first-order valence-corrected chi connectivity index (χ1v) is 4.71. The van der Waals surface area contributed by atoms with Crippen LogP contribution in [0.4, 0.5) is 0 Å². The highest BCUT2D eigenvalue weighted by Gasteiger charge is 1.88. The van der Waals surface area contributed by atoms with Gasteiger partial charge in [-0.25, -0.2) is 0 Å². The number of nitrogens with zero attached hydrogens (tertiary/aromatic N) is 2. The molecule has 0 spiro atoms. The minimum Gasteiger partial charge on any atom is -0.158 e. The molecular formula is C13H10N2. The SMILES string of the molecule is Cc1cccc(C#Cc2cccnn2)c1. The van der Waals surface area contributed by atoms with Gasteiger partial charge >= 0.3 is 0 Å². The summed E-state index contributed by atoms with van der Waals surface area (Å²) in [5, 5.41) is 7.65. The summed E-state index contributed by atoms with van der Waals surface area (Å²) in [6, 6.07) is 11.7. The van der Waals surface area contributed by atoms with Crippen LogP contribution in [-0.4, -0.2) is 10.2 Å². The minimum absolute atomic E-state index is 0.694. The van der Waals surface area contributed by atoms with Gasteiger partial charge in [-0.15, -0.1) is 5.10 Å². The Morgan fingerprint density at radius 1 is 1.07 bits per heavy atom. The zero-order chi connectivity index (χ0) is 10.5. The molecule has 1 heterocycles. The lowest BCUT2D eigenvalue weighted by atomic mass is 10.1. The highest BCUT2D eigenvalue weighted by Crippen LogP contribution is 2.02. The standard InChI is InChI=1S/C13H10N2/c1-11-4-2-5-12(10-11)7-8-13-6-3-9-14-15-13/h2-6,9-10H,1H3. The van der Waals surface area contributed by atoms with E-state index in [2.05, 4.69) is 22.0 Å². The number of aromatic nitrogens is 2. The van der Waals surface area contributed by atoms with Crippen LogP contribution in [0.15, 0.2) is 42.6 Å². The number of rotatable bonds is 0. The van der Waals surface area contributed by atoms with Gasteiger partial charge in [-0.3, -0.25) is 0 Å². The predicted octanol–water partition coefficient (Wildman–Crippen LogP) is 2.18. The van der Waals surface area contributed by atoms with Crippen molar-refractivity contribution in [3.8, 4) is 11.8 Å². The van der Waals surface area contributed by atoms with E-state index in [0.717, 1.165) is 5.56 Å². The Kier molecular flexibility index (Phi) is 2.75. The third kappa shape index (κ3) is 2.65. The molecule has 0 radical (unpaired) electrons. The highest BCUT2D eigenvalue weighted by molar-refractivity contribution is 5.40. The molecule has 0 saturated carbocycles. The second kappa shape index (κ2) is 4.39. The second-order valence-electron chi connectivity index (χ2n) is 3.23. The highest BCUT2D eigenvalue weighted by atomic mass is 15.1. The molecule has 2 rings (SSSR count). The van der Waals surface area contributed by atoms with Gasteiger partial charge in [0.05, 0.1) is 0 Å². The van der Waals surface area contributed by atoms with Crippen molar-refractivity contribution in [2.45, 2.75) is 6.92 Å². The van der Waals surface area contributed by atoms with Crippen molar-refractivity contribution in [1.29, 1.82) is 0 Å². The first-order chi connectivity index (χ1) is 7.34. The van der Waals surface area contributed by atoms with Crippen LogP contribution in [0.25, 0.3) is 0 Å². The summed E-state index contributed by atoms with van der Waals surface area (Å²) < 4.78 is 0. The zero-order valence-electron chi connectivity index (χ0n) is 8.44. The summed E-state index contributed by atoms with van der Waals surface area (Å²) in [7, 11) is 0. The third-order valence-corrected chi connectivity index (χ3v) is 1.93. The van der Waals surface area contributed by atoms with Crippen molar-refractivity contribution >= 4 is 0 Å². The largest absolute Gasteiger partial charge is 0.158 e. The molecule has 0 aliphatic carbocycles. The Labute approximate surface area is 89.0 Å². The Balaban J connectivity index is 2.26. The summed E-state index contributed by atoms with van der Waals surface area (Å²) in [6.45, 7) is 2.05. The lowest BCUT2D eigenvalue weighted by Gasteiger charge is -1.91. The van der Waals surface area contributed by atoms with Crippen molar-refractivity contribution in [3.63, 3.8) is 0 Å². The van der Waals surface area contributed by atoms with Gasteiger partial charge in [0.25, 0.3) is 0 Å². The van der Waals surface area contributed by atoms with Gasteiger partial charge in [-0.2, -0.15) is 5.10 Å². The molecule has 2 heteroatoms. The average Bonchev–Trinajstić information content (AvgIpc) is 2.28. The van der Waals surface area contributed by atoms with Crippen LogP contribution in [0.5, 0.6) is 0 Å². The monoisotopic (exact) mass is 194 g/mol. The molecule has 1 aromatic heterocycles. The van der Waals surface area contributed by atoms with Crippen LogP contribution in [-0.2, 0) is 0 Å². The zero-order valence-corrected chi connectivity index (χ0v) is 8.44. The molecule has 0 unspecified atom stereocenters. The van der Waals surface area contributed by atoms with Crippen molar-refractivity contribution in [1.82, 2.24) is 10.2 Å². The maximum absolute atomic E-state index is 3.89. The summed E-state index contributed by atoms with van der Waals surface area (Å²) in [6.07, 6.45) is 1.64. The molecule has 72 valence electrons. The number of benzene rings is 1. The average molecular weight is 194 g/mol. The van der Waals surface area contributed by atoms with Crippen LogP contribution in [0.3, 0.4) is 0 Å². The lowest BCUT2D eigenvalue weighted by molar-refractivity contribution is 1.01. The summed E-state index contributed by atoms with van der Waals surface area (Å²) in [5.41, 5.74) is 2.90. The molecule has 2 aromatic rings. The van der Waals surface area contributed by atoms with E-state index in [1.54, 1.807) is 6.20 Å². The quantitative estimate of drug-likeness (QED) is 0.601. The van der Waals surface area contributed by atoms with Crippen LogP contribution >= 0.6 is 0 Å². The van der Waals surface area contributed by atoms with Crippen molar-refractivity contribution in [3.05, 3.63) is 59.4 Å². The minimum atomic E-state index is 0.694. The molecule has 2 nitrogen and oxygen atoms in total. The number of hydrogen-bond donors (Lipinski definition) is 0. The van der Waals surface area contributed by atoms with Gasteiger partial charge in [0.2, 0.25) is 0 Å². The van der Waals surface area contributed by atoms with E-state index in [-0.39, 0.29) is 0 Å². The van der Waals surface area contributed by atoms with E-state index < -0.39 is 0 Å². The first kappa shape index (κ1) is 9.42. The van der Waals surface area contributed by atoms with Crippen molar-refractivity contribution in [2.75, 3.05) is 0 Å². The van der Waals surface area contributed by atoms with Gasteiger partial charge in [-0.1, -0.05) is 18.1 Å². The predicted molar refractivity (Wildman–Crippen MR) is 59.2 cm³/mol. The van der Waals surface area contributed by atoms with Crippen LogP contribution in [0, 0.1) is 18.8 Å². The molecule has 0 aliphatic rings. The Morgan fingerprint density at radius 2 is 2.00 bits per heavy atom. The van der Waals surface area contributed by atoms with E-state index in [1.165, 1.54) is 5.56 Å². The lowest BCUT2D eigenvalue weighted by Crippen LogP contribution is -1.84. The third-order valence-electron chi connectivity index (χ3n) is 1.93. The molecule has 0 bridgehead atoms. The van der Waals surface area contributed by atoms with Crippen molar-refractivity contribution in [2.24, 2.45) is 0 Å². The fraction of sp³-hybridized carbons (Fsp3) is 0.0769. The van der Waals surface area contributed by atoms with E-state index in [4.69, 9.17) is 0 Å². The van der Waals surface area contributed by atoms with Gasteiger partial charge < -0.3 is 0 Å². The van der Waals surface area contributed by atoms with Crippen LogP contribution in [0.1, 0.15) is 16.8 Å². The molecule has 0 saturated heterocycles. The molecule has 15 heavy (non-hydrogen) atoms. The first-order valence-electron chi connectivity index (χ1n) is 4.71. The maximum atomic E-state index is 3.89. The van der Waals surface area contributed by atoms with Gasteiger partial charge in [-0.05, 0) is 42.7 Å². The molecule has 1 aromatic carbocycles. The number of hydrogen-bond acceptors (Lipinski definition) is 2. The summed E-state index contributed by atoms with van der Waals surface area (Å²) >= 11 is 0. The fourth-order valence-corrected chi connectivity index (χ4v) is 1.23. The van der Waals surface area contributed by atoms with Gasteiger partial charge in [0.1, 0.15) is 5.69 Å². The molecule has 0 fully saturated rings. The Morgan fingerprint density at radius 3 is 2.73 bits per heavy atom. The molecular weight excluding hydrogens is 184 g/mol. The van der Waals surface area contributed by atoms with E-state index >= 15 is 0 Å². The molecule has 0 atom stereocenters. The maximum Gasteiger partial charge on any atom is 0.136 e. The van der Waals surface area contributed by atoms with E-state index in [9.17, 15) is 0 Å². The summed E-state index contributed by atoms with van der Waals surface area (Å²) in [4.78, 5) is 0. The van der Waals surface area contributed by atoms with Crippen LogP contribution < -0.4 is 0 Å². The molecule has 0 aliphatic heterocycles. The van der Waals surface area contributed by atoms with Gasteiger partial charge in [0.15, 0.2) is 0 Å². The van der Waals surface area contributed by atoms with E-state index in [0.29, 0.717) is 5.69 Å². The van der Waals surface area contributed by atoms with Gasteiger partial charge in [0, 0.05) is 11.8 Å².